The van der Waals surface area contributed by atoms with E-state index in [1.807, 2.05) is 0 Å². The van der Waals surface area contributed by atoms with E-state index in [4.69, 9.17) is 5.26 Å². The third-order valence-corrected chi connectivity index (χ3v) is 1.78. The molecule has 0 bridgehead atoms. The van der Waals surface area contributed by atoms with Crippen molar-refractivity contribution in [2.45, 2.75) is 13.1 Å². The molecule has 0 spiro atoms. The summed E-state index contributed by atoms with van der Waals surface area (Å²) < 4.78 is 42.1. The fourth-order valence-electron chi connectivity index (χ4n) is 1.11. The second-order valence-corrected chi connectivity index (χ2v) is 2.92. The minimum atomic E-state index is -4.72. The lowest BCUT2D eigenvalue weighted by Crippen LogP contribution is -2.17. The van der Waals surface area contributed by atoms with Crippen LogP contribution in [0.1, 0.15) is 28.7 Å². The normalized spacial score (nSPS) is 10.8. The standard InChI is InChI=1S/C10H7F3N2O2/c1-2-17-9(16)8-7(10(11,12)13)4-3-6(5-14)15-8/h3-4H,2H2,1H3. The second-order valence-electron chi connectivity index (χ2n) is 2.92. The van der Waals surface area contributed by atoms with Crippen molar-refractivity contribution in [3.8, 4) is 6.07 Å². The molecule has 7 heteroatoms. The van der Waals surface area contributed by atoms with Gasteiger partial charge in [-0.1, -0.05) is 0 Å². The van der Waals surface area contributed by atoms with Gasteiger partial charge in [0.25, 0.3) is 0 Å². The van der Waals surface area contributed by atoms with Gasteiger partial charge in [0, 0.05) is 0 Å². The van der Waals surface area contributed by atoms with Crippen molar-refractivity contribution in [2.24, 2.45) is 0 Å². The maximum absolute atomic E-state index is 12.6. The third kappa shape index (κ3) is 2.93. The number of nitriles is 1. The van der Waals surface area contributed by atoms with Crippen LogP contribution in [0.4, 0.5) is 13.2 Å². The Hall–Kier alpha value is -2.10. The predicted octanol–water partition coefficient (Wildman–Crippen LogP) is 2.15. The number of ether oxygens (including phenoxy) is 1. The number of hydrogen-bond acceptors (Lipinski definition) is 4. The monoisotopic (exact) mass is 244 g/mol. The number of halogens is 3. The first kappa shape index (κ1) is 13.0. The van der Waals surface area contributed by atoms with E-state index in [0.29, 0.717) is 6.07 Å². The number of nitrogens with zero attached hydrogens (tertiary/aromatic N) is 2. The zero-order chi connectivity index (χ0) is 13.1. The minimum Gasteiger partial charge on any atom is -0.461 e. The van der Waals surface area contributed by atoms with Crippen LogP contribution in [0, 0.1) is 11.3 Å². The maximum atomic E-state index is 12.6. The molecule has 0 saturated carbocycles. The average molecular weight is 244 g/mol. The van der Waals surface area contributed by atoms with Crippen molar-refractivity contribution in [2.75, 3.05) is 6.61 Å². The van der Waals surface area contributed by atoms with E-state index in [2.05, 4.69) is 9.72 Å². The number of alkyl halides is 3. The Morgan fingerprint density at radius 3 is 2.65 bits per heavy atom. The average Bonchev–Trinajstić information content (AvgIpc) is 2.27. The molecule has 0 amide bonds. The van der Waals surface area contributed by atoms with E-state index in [1.54, 1.807) is 6.07 Å². The van der Waals surface area contributed by atoms with Gasteiger partial charge in [-0.05, 0) is 19.1 Å². The molecule has 0 aliphatic rings. The van der Waals surface area contributed by atoms with Crippen molar-refractivity contribution in [3.63, 3.8) is 0 Å². The first-order valence-electron chi connectivity index (χ1n) is 4.55. The number of esters is 1. The second kappa shape index (κ2) is 4.82. The molecular weight excluding hydrogens is 237 g/mol. The van der Waals surface area contributed by atoms with Crippen LogP contribution < -0.4 is 0 Å². The quantitative estimate of drug-likeness (QED) is 0.748. The van der Waals surface area contributed by atoms with Gasteiger partial charge in [0.15, 0.2) is 5.69 Å². The lowest BCUT2D eigenvalue weighted by atomic mass is 10.1. The van der Waals surface area contributed by atoms with Crippen LogP contribution in [0.25, 0.3) is 0 Å². The molecule has 90 valence electrons. The van der Waals surface area contributed by atoms with Gasteiger partial charge in [-0.2, -0.15) is 18.4 Å². The van der Waals surface area contributed by atoms with Crippen molar-refractivity contribution in [3.05, 3.63) is 29.1 Å². The Balaban J connectivity index is 3.32. The van der Waals surface area contributed by atoms with E-state index >= 15 is 0 Å². The van der Waals surface area contributed by atoms with Crippen LogP contribution in [0.5, 0.6) is 0 Å². The smallest absolute Gasteiger partial charge is 0.418 e. The van der Waals surface area contributed by atoms with Gasteiger partial charge in [0.2, 0.25) is 0 Å². The molecule has 1 heterocycles. The zero-order valence-electron chi connectivity index (χ0n) is 8.71. The highest BCUT2D eigenvalue weighted by molar-refractivity contribution is 5.89. The molecule has 0 fully saturated rings. The molecular formula is C10H7F3N2O2. The Bertz CT molecular complexity index is 477. The molecule has 0 saturated heterocycles. The highest BCUT2D eigenvalue weighted by Crippen LogP contribution is 2.31. The largest absolute Gasteiger partial charge is 0.461 e. The first-order valence-corrected chi connectivity index (χ1v) is 4.55. The highest BCUT2D eigenvalue weighted by atomic mass is 19.4. The minimum absolute atomic E-state index is 0.0748. The van der Waals surface area contributed by atoms with E-state index in [9.17, 15) is 18.0 Å². The summed E-state index contributed by atoms with van der Waals surface area (Å²) in [7, 11) is 0. The summed E-state index contributed by atoms with van der Waals surface area (Å²) in [5.74, 6) is -1.20. The lowest BCUT2D eigenvalue weighted by Gasteiger charge is -2.10. The molecule has 0 atom stereocenters. The van der Waals surface area contributed by atoms with Gasteiger partial charge in [-0.3, -0.25) is 0 Å². The summed E-state index contributed by atoms with van der Waals surface area (Å²) >= 11 is 0. The van der Waals surface area contributed by atoms with E-state index in [0.717, 1.165) is 6.07 Å². The molecule has 4 nitrogen and oxygen atoms in total. The SMILES string of the molecule is CCOC(=O)c1nc(C#N)ccc1C(F)(F)F. The van der Waals surface area contributed by atoms with Crippen molar-refractivity contribution in [1.29, 1.82) is 5.26 Å². The predicted molar refractivity (Wildman–Crippen MR) is 49.9 cm³/mol. The maximum Gasteiger partial charge on any atom is 0.418 e. The number of pyridine rings is 1. The van der Waals surface area contributed by atoms with Crippen LogP contribution in [-0.4, -0.2) is 17.6 Å². The van der Waals surface area contributed by atoms with Gasteiger partial charge in [-0.15, -0.1) is 0 Å². The molecule has 0 radical (unpaired) electrons. The Kier molecular flexibility index (Phi) is 3.68. The van der Waals surface area contributed by atoms with Crippen LogP contribution in [0.3, 0.4) is 0 Å². The van der Waals surface area contributed by atoms with Gasteiger partial charge < -0.3 is 4.74 Å². The number of carbonyl (C=O) groups is 1. The number of carbonyl (C=O) groups excluding carboxylic acids is 1. The molecule has 0 unspecified atom stereocenters. The molecule has 0 aliphatic carbocycles. The summed E-state index contributed by atoms with van der Waals surface area (Å²) in [4.78, 5) is 14.6. The number of aromatic nitrogens is 1. The Morgan fingerprint density at radius 2 is 2.18 bits per heavy atom. The van der Waals surface area contributed by atoms with Gasteiger partial charge >= 0.3 is 12.1 Å². The Labute approximate surface area is 94.6 Å². The molecule has 0 N–H and O–H groups in total. The summed E-state index contributed by atoms with van der Waals surface area (Å²) in [6, 6.07) is 3.09. The van der Waals surface area contributed by atoms with Crippen molar-refractivity contribution < 1.29 is 22.7 Å². The molecule has 1 aromatic heterocycles. The van der Waals surface area contributed by atoms with Crippen LogP contribution in [0.15, 0.2) is 12.1 Å². The molecule has 17 heavy (non-hydrogen) atoms. The molecule has 1 aromatic rings. The van der Waals surface area contributed by atoms with E-state index < -0.39 is 23.4 Å². The third-order valence-electron chi connectivity index (χ3n) is 1.78. The van der Waals surface area contributed by atoms with Crippen LogP contribution in [0.2, 0.25) is 0 Å². The fourth-order valence-corrected chi connectivity index (χ4v) is 1.11. The molecule has 0 aromatic carbocycles. The first-order chi connectivity index (χ1) is 7.90. The van der Waals surface area contributed by atoms with Crippen LogP contribution >= 0.6 is 0 Å². The summed E-state index contributed by atoms with van der Waals surface area (Å²) in [5.41, 5.74) is -2.38. The summed E-state index contributed by atoms with van der Waals surface area (Å²) in [5, 5.41) is 8.52. The van der Waals surface area contributed by atoms with Crippen molar-refractivity contribution in [1.82, 2.24) is 4.98 Å². The molecule has 0 aliphatic heterocycles. The number of hydrogen-bond donors (Lipinski definition) is 0. The van der Waals surface area contributed by atoms with Gasteiger partial charge in [0.05, 0.1) is 12.2 Å². The Morgan fingerprint density at radius 1 is 1.53 bits per heavy atom. The number of rotatable bonds is 2. The fraction of sp³-hybridized carbons (Fsp3) is 0.300. The summed E-state index contributed by atoms with van der Waals surface area (Å²) in [6.07, 6.45) is -4.72. The zero-order valence-corrected chi connectivity index (χ0v) is 8.71. The lowest BCUT2D eigenvalue weighted by molar-refractivity contribution is -0.138. The van der Waals surface area contributed by atoms with Crippen LogP contribution in [-0.2, 0) is 10.9 Å². The topological polar surface area (TPSA) is 63.0 Å². The summed E-state index contributed by atoms with van der Waals surface area (Å²) in [6.45, 7) is 1.38. The van der Waals surface area contributed by atoms with Gasteiger partial charge in [-0.25, -0.2) is 9.78 Å². The van der Waals surface area contributed by atoms with Gasteiger partial charge in [0.1, 0.15) is 11.8 Å². The molecule has 1 rings (SSSR count). The van der Waals surface area contributed by atoms with Crippen molar-refractivity contribution >= 4 is 5.97 Å². The highest BCUT2D eigenvalue weighted by Gasteiger charge is 2.36. The van der Waals surface area contributed by atoms with E-state index in [-0.39, 0.29) is 12.3 Å². The van der Waals surface area contributed by atoms with E-state index in [1.165, 1.54) is 6.92 Å².